The number of amides is 1. The number of halogens is 4. The molecule has 180 valence electrons. The van der Waals surface area contributed by atoms with Crippen LogP contribution in [0.5, 0.6) is 5.75 Å². The van der Waals surface area contributed by atoms with E-state index in [0.29, 0.717) is 17.5 Å². The lowest BCUT2D eigenvalue weighted by Crippen LogP contribution is -2.16. The monoisotopic (exact) mass is 510 g/mol. The average Bonchev–Trinajstić information content (AvgIpc) is 3.17. The second-order valence-corrected chi connectivity index (χ2v) is 8.64. The highest BCUT2D eigenvalue weighted by atomic mass is 35.5. The minimum absolute atomic E-state index is 0.00522. The van der Waals surface area contributed by atoms with Crippen molar-refractivity contribution in [3.05, 3.63) is 77.1 Å². The summed E-state index contributed by atoms with van der Waals surface area (Å²) in [6, 6.07) is 10.3. The van der Waals surface area contributed by atoms with Crippen molar-refractivity contribution < 1.29 is 22.7 Å². The molecule has 1 amide bonds. The fourth-order valence-electron chi connectivity index (χ4n) is 3.05. The number of hydrogen-bond acceptors (Lipinski definition) is 5. The van der Waals surface area contributed by atoms with Gasteiger partial charge >= 0.3 is 6.18 Å². The fourth-order valence-corrected chi connectivity index (χ4v) is 3.97. The summed E-state index contributed by atoms with van der Waals surface area (Å²) >= 11 is 7.04. The maximum absolute atomic E-state index is 13.0. The number of aromatic nitrogens is 3. The molecule has 34 heavy (non-hydrogen) atoms. The Labute approximate surface area is 204 Å². The topological polar surface area (TPSA) is 69.0 Å². The van der Waals surface area contributed by atoms with Crippen LogP contribution in [0, 0.1) is 6.92 Å². The number of nitrogens with zero attached hydrogens (tertiary/aromatic N) is 3. The Hall–Kier alpha value is -2.98. The van der Waals surface area contributed by atoms with Gasteiger partial charge in [0.05, 0.1) is 22.0 Å². The molecule has 6 nitrogen and oxygen atoms in total. The summed E-state index contributed by atoms with van der Waals surface area (Å²) in [5.74, 6) is 0.612. The van der Waals surface area contributed by atoms with Crippen LogP contribution in [-0.4, -0.2) is 26.4 Å². The van der Waals surface area contributed by atoms with Crippen LogP contribution in [0.2, 0.25) is 5.02 Å². The predicted molar refractivity (Wildman–Crippen MR) is 126 cm³/mol. The van der Waals surface area contributed by atoms with Crippen molar-refractivity contribution in [2.24, 2.45) is 0 Å². The van der Waals surface area contributed by atoms with Gasteiger partial charge in [0.25, 0.3) is 0 Å². The number of para-hydroxylation sites is 1. The number of carbonyl (C=O) groups excluding carboxylic acids is 1. The van der Waals surface area contributed by atoms with Gasteiger partial charge in [0, 0.05) is 6.54 Å². The number of thioether (sulfide) groups is 1. The number of nitrogens with one attached hydrogen (secondary N) is 1. The van der Waals surface area contributed by atoms with Gasteiger partial charge in [-0.1, -0.05) is 47.6 Å². The van der Waals surface area contributed by atoms with Gasteiger partial charge in [-0.15, -0.1) is 16.8 Å². The van der Waals surface area contributed by atoms with Crippen LogP contribution in [0.15, 0.2) is 60.3 Å². The van der Waals surface area contributed by atoms with Gasteiger partial charge in [-0.2, -0.15) is 13.2 Å². The molecule has 1 heterocycles. The third-order valence-electron chi connectivity index (χ3n) is 4.72. The molecule has 0 saturated carbocycles. The zero-order valence-corrected chi connectivity index (χ0v) is 20.0. The van der Waals surface area contributed by atoms with E-state index in [1.807, 2.05) is 38.1 Å². The highest BCUT2D eigenvalue weighted by Crippen LogP contribution is 2.34. The van der Waals surface area contributed by atoms with Crippen LogP contribution in [0.4, 0.5) is 18.9 Å². The Balaban J connectivity index is 1.70. The first-order valence-electron chi connectivity index (χ1n) is 10.2. The van der Waals surface area contributed by atoms with Gasteiger partial charge < -0.3 is 10.1 Å². The normalized spacial score (nSPS) is 12.3. The number of benzene rings is 2. The number of ether oxygens (including phenoxy) is 1. The number of allylic oxidation sites excluding steroid dienone is 1. The summed E-state index contributed by atoms with van der Waals surface area (Å²) in [6.07, 6.45) is -3.31. The Morgan fingerprint density at radius 2 is 2.03 bits per heavy atom. The molecule has 1 unspecified atom stereocenters. The zero-order chi connectivity index (χ0) is 24.9. The maximum atomic E-state index is 13.0. The van der Waals surface area contributed by atoms with Crippen molar-refractivity contribution in [2.45, 2.75) is 37.8 Å². The third-order valence-corrected chi connectivity index (χ3v) is 6.01. The summed E-state index contributed by atoms with van der Waals surface area (Å²) in [6.45, 7) is 7.91. The smallest absolute Gasteiger partial charge is 0.416 e. The number of rotatable bonds is 9. The fraction of sp³-hybridized carbons (Fsp3) is 0.261. The second kappa shape index (κ2) is 11.0. The second-order valence-electron chi connectivity index (χ2n) is 7.29. The van der Waals surface area contributed by atoms with E-state index < -0.39 is 23.8 Å². The molecule has 0 aliphatic carbocycles. The summed E-state index contributed by atoms with van der Waals surface area (Å²) in [4.78, 5) is 12.4. The van der Waals surface area contributed by atoms with E-state index in [4.69, 9.17) is 16.3 Å². The first kappa shape index (κ1) is 25.6. The van der Waals surface area contributed by atoms with Crippen molar-refractivity contribution in [1.29, 1.82) is 0 Å². The lowest BCUT2D eigenvalue weighted by atomic mass is 10.2. The van der Waals surface area contributed by atoms with Crippen LogP contribution in [0.1, 0.15) is 30.0 Å². The van der Waals surface area contributed by atoms with E-state index in [-0.39, 0.29) is 16.5 Å². The summed E-state index contributed by atoms with van der Waals surface area (Å²) in [7, 11) is 0. The molecule has 0 radical (unpaired) electrons. The SMILES string of the molecule is C=CCn1c(SCC(=O)Nc2cc(C(F)(F)F)ccc2Cl)nnc1C(C)Oc1ccccc1C. The van der Waals surface area contributed by atoms with Crippen LogP contribution >= 0.6 is 23.4 Å². The molecular formula is C23H22ClF3N4O2S. The minimum atomic E-state index is -4.55. The largest absolute Gasteiger partial charge is 0.482 e. The van der Waals surface area contributed by atoms with E-state index in [9.17, 15) is 18.0 Å². The van der Waals surface area contributed by atoms with Gasteiger partial charge in [0.2, 0.25) is 5.91 Å². The number of carbonyl (C=O) groups is 1. The van der Waals surface area contributed by atoms with Crippen LogP contribution < -0.4 is 10.1 Å². The molecule has 1 N–H and O–H groups in total. The predicted octanol–water partition coefficient (Wildman–Crippen LogP) is 6.32. The molecule has 0 bridgehead atoms. The van der Waals surface area contributed by atoms with Crippen molar-refractivity contribution in [2.75, 3.05) is 11.1 Å². The number of alkyl halides is 3. The van der Waals surface area contributed by atoms with Gasteiger partial charge in [0.15, 0.2) is 17.1 Å². The molecule has 11 heteroatoms. The van der Waals surface area contributed by atoms with E-state index in [2.05, 4.69) is 22.1 Å². The van der Waals surface area contributed by atoms with Crippen molar-refractivity contribution >= 4 is 35.0 Å². The molecule has 0 spiro atoms. The van der Waals surface area contributed by atoms with Gasteiger partial charge in [-0.25, -0.2) is 0 Å². The molecule has 1 atom stereocenters. The van der Waals surface area contributed by atoms with Crippen LogP contribution in [0.25, 0.3) is 0 Å². The highest BCUT2D eigenvalue weighted by molar-refractivity contribution is 7.99. The van der Waals surface area contributed by atoms with Crippen molar-refractivity contribution in [1.82, 2.24) is 14.8 Å². The number of anilines is 1. The van der Waals surface area contributed by atoms with E-state index in [1.54, 1.807) is 10.6 Å². The standard InChI is InChI=1S/C23H22ClF3N4O2S/c1-4-11-31-21(15(3)33-19-8-6-5-7-14(19)2)29-30-22(31)34-13-20(32)28-18-12-16(23(25,26)27)9-10-17(18)24/h4-10,12,15H,1,11,13H2,2-3H3,(H,28,32). The molecule has 1 aromatic heterocycles. The minimum Gasteiger partial charge on any atom is -0.482 e. The van der Waals surface area contributed by atoms with E-state index in [0.717, 1.165) is 41.3 Å². The van der Waals surface area contributed by atoms with E-state index in [1.165, 1.54) is 0 Å². The van der Waals surface area contributed by atoms with E-state index >= 15 is 0 Å². The van der Waals surface area contributed by atoms with Crippen molar-refractivity contribution in [3.63, 3.8) is 0 Å². The quantitative estimate of drug-likeness (QED) is 0.269. The van der Waals surface area contributed by atoms with Crippen molar-refractivity contribution in [3.8, 4) is 5.75 Å². The van der Waals surface area contributed by atoms with Gasteiger partial charge in [0.1, 0.15) is 5.75 Å². The Morgan fingerprint density at radius 3 is 2.71 bits per heavy atom. The number of hydrogen-bond donors (Lipinski definition) is 1. The number of aryl methyl sites for hydroxylation is 1. The first-order valence-corrected chi connectivity index (χ1v) is 11.5. The molecule has 2 aromatic carbocycles. The Kier molecular flexibility index (Phi) is 8.27. The zero-order valence-electron chi connectivity index (χ0n) is 18.4. The lowest BCUT2D eigenvalue weighted by molar-refractivity contribution is -0.137. The molecule has 0 fully saturated rings. The molecule has 0 aliphatic heterocycles. The summed E-state index contributed by atoms with van der Waals surface area (Å²) in [5.41, 5.74) is -0.0443. The summed E-state index contributed by atoms with van der Waals surface area (Å²) in [5, 5.41) is 11.2. The average molecular weight is 511 g/mol. The lowest BCUT2D eigenvalue weighted by Gasteiger charge is -2.17. The molecule has 3 aromatic rings. The molecule has 0 aliphatic rings. The third kappa shape index (κ3) is 6.32. The molecule has 0 saturated heterocycles. The highest BCUT2D eigenvalue weighted by Gasteiger charge is 2.31. The Bertz CT molecular complexity index is 1180. The Morgan fingerprint density at radius 1 is 1.29 bits per heavy atom. The summed E-state index contributed by atoms with van der Waals surface area (Å²) < 4.78 is 46.7. The first-order chi connectivity index (χ1) is 16.1. The molecule has 3 rings (SSSR count). The van der Waals surface area contributed by atoms with Crippen LogP contribution in [0.3, 0.4) is 0 Å². The maximum Gasteiger partial charge on any atom is 0.416 e. The molecular weight excluding hydrogens is 489 g/mol. The van der Waals surface area contributed by atoms with Gasteiger partial charge in [-0.3, -0.25) is 9.36 Å². The van der Waals surface area contributed by atoms with Gasteiger partial charge in [-0.05, 0) is 43.7 Å². The van der Waals surface area contributed by atoms with Crippen LogP contribution in [-0.2, 0) is 17.5 Å².